The summed E-state index contributed by atoms with van der Waals surface area (Å²) in [6, 6.07) is 19.8. The molecular formula is C27H24ClN3O4. The number of carbonyl (C=O) groups excluding carboxylic acids is 2. The van der Waals surface area contributed by atoms with E-state index in [0.29, 0.717) is 34.8 Å². The highest BCUT2D eigenvalue weighted by molar-refractivity contribution is 6.31. The number of benzene rings is 3. The topological polar surface area (TPSA) is 73.5 Å². The third-order valence-corrected chi connectivity index (χ3v) is 6.56. The van der Waals surface area contributed by atoms with Crippen LogP contribution in [0.25, 0.3) is 16.7 Å². The lowest BCUT2D eigenvalue weighted by Gasteiger charge is -2.26. The van der Waals surface area contributed by atoms with Gasteiger partial charge >= 0.3 is 11.7 Å². The fraction of sp³-hybridized carbons (Fsp3) is 0.222. The summed E-state index contributed by atoms with van der Waals surface area (Å²) in [5.41, 5.74) is 3.89. The molecular weight excluding hydrogens is 466 g/mol. The lowest BCUT2D eigenvalue weighted by atomic mass is 10.1. The number of anilines is 1. The SMILES string of the molecule is COC(=O)c1cccc(Cn2c(=O)n(-c3ccc(N4CCCCC4=O)cc3)c3cc(Cl)ccc32)c1. The first-order valence-corrected chi connectivity index (χ1v) is 11.8. The number of piperidine rings is 1. The van der Waals surface area contributed by atoms with Gasteiger partial charge in [-0.15, -0.1) is 0 Å². The average molecular weight is 490 g/mol. The number of aromatic nitrogens is 2. The largest absolute Gasteiger partial charge is 0.465 e. The lowest BCUT2D eigenvalue weighted by Crippen LogP contribution is -2.35. The number of imidazole rings is 1. The second-order valence-corrected chi connectivity index (χ2v) is 8.98. The van der Waals surface area contributed by atoms with Gasteiger partial charge in [0.1, 0.15) is 0 Å². The number of esters is 1. The molecule has 1 aliphatic rings. The molecule has 0 radical (unpaired) electrons. The first-order chi connectivity index (χ1) is 17.0. The minimum Gasteiger partial charge on any atom is -0.465 e. The van der Waals surface area contributed by atoms with Crippen LogP contribution >= 0.6 is 11.6 Å². The molecule has 178 valence electrons. The van der Waals surface area contributed by atoms with Crippen LogP contribution in [-0.2, 0) is 16.1 Å². The van der Waals surface area contributed by atoms with E-state index in [9.17, 15) is 14.4 Å². The molecule has 2 heterocycles. The molecule has 0 aliphatic carbocycles. The van der Waals surface area contributed by atoms with Crippen LogP contribution in [-0.4, -0.2) is 34.7 Å². The van der Waals surface area contributed by atoms with E-state index < -0.39 is 5.97 Å². The van der Waals surface area contributed by atoms with Crippen LogP contribution in [0.1, 0.15) is 35.2 Å². The molecule has 1 aliphatic heterocycles. The van der Waals surface area contributed by atoms with Gasteiger partial charge in [-0.3, -0.25) is 13.9 Å². The Kier molecular flexibility index (Phi) is 6.17. The summed E-state index contributed by atoms with van der Waals surface area (Å²) in [7, 11) is 1.34. The molecule has 4 aromatic rings. The second-order valence-electron chi connectivity index (χ2n) is 8.55. The van der Waals surface area contributed by atoms with Crippen LogP contribution in [0.3, 0.4) is 0 Å². The summed E-state index contributed by atoms with van der Waals surface area (Å²) in [5.74, 6) is -0.306. The van der Waals surface area contributed by atoms with Crippen molar-refractivity contribution in [1.29, 1.82) is 0 Å². The molecule has 0 bridgehead atoms. The van der Waals surface area contributed by atoms with E-state index in [4.69, 9.17) is 16.3 Å². The zero-order valence-electron chi connectivity index (χ0n) is 19.2. The molecule has 0 unspecified atom stereocenters. The number of halogens is 1. The number of methoxy groups -OCH3 is 1. The van der Waals surface area contributed by atoms with Crippen molar-refractivity contribution < 1.29 is 14.3 Å². The molecule has 0 N–H and O–H groups in total. The van der Waals surface area contributed by atoms with E-state index in [1.54, 1.807) is 44.4 Å². The fourth-order valence-electron chi connectivity index (χ4n) is 4.59. The van der Waals surface area contributed by atoms with Crippen LogP contribution < -0.4 is 10.6 Å². The normalized spacial score (nSPS) is 13.9. The quantitative estimate of drug-likeness (QED) is 0.377. The minimum absolute atomic E-state index is 0.124. The van der Waals surface area contributed by atoms with E-state index >= 15 is 0 Å². The van der Waals surface area contributed by atoms with Gasteiger partial charge in [-0.05, 0) is 73.0 Å². The average Bonchev–Trinajstić information content (AvgIpc) is 3.14. The molecule has 35 heavy (non-hydrogen) atoms. The molecule has 0 saturated carbocycles. The summed E-state index contributed by atoms with van der Waals surface area (Å²) in [5, 5.41) is 0.520. The maximum Gasteiger partial charge on any atom is 0.337 e. The van der Waals surface area contributed by atoms with E-state index in [-0.39, 0.29) is 18.1 Å². The highest BCUT2D eigenvalue weighted by Gasteiger charge is 2.20. The Morgan fingerprint density at radius 1 is 0.943 bits per heavy atom. The molecule has 5 rings (SSSR count). The molecule has 1 amide bonds. The van der Waals surface area contributed by atoms with Crippen LogP contribution in [0.4, 0.5) is 5.69 Å². The zero-order valence-corrected chi connectivity index (χ0v) is 20.0. The van der Waals surface area contributed by atoms with Crippen molar-refractivity contribution in [3.63, 3.8) is 0 Å². The van der Waals surface area contributed by atoms with Crippen LogP contribution in [0, 0.1) is 0 Å². The van der Waals surface area contributed by atoms with E-state index in [1.807, 2.05) is 36.4 Å². The van der Waals surface area contributed by atoms with Crippen LogP contribution in [0.5, 0.6) is 0 Å². The molecule has 0 spiro atoms. The number of rotatable bonds is 5. The number of hydrogen-bond acceptors (Lipinski definition) is 4. The minimum atomic E-state index is -0.430. The van der Waals surface area contributed by atoms with Crippen molar-refractivity contribution >= 4 is 40.2 Å². The van der Waals surface area contributed by atoms with Crippen molar-refractivity contribution in [2.75, 3.05) is 18.6 Å². The molecule has 8 heteroatoms. The predicted octanol–water partition coefficient (Wildman–Crippen LogP) is 4.80. The summed E-state index contributed by atoms with van der Waals surface area (Å²) in [4.78, 5) is 39.7. The zero-order chi connectivity index (χ0) is 24.5. The Morgan fingerprint density at radius 3 is 2.46 bits per heavy atom. The third-order valence-electron chi connectivity index (χ3n) is 6.32. The Bertz CT molecular complexity index is 1490. The summed E-state index contributed by atoms with van der Waals surface area (Å²) >= 11 is 6.29. The summed E-state index contributed by atoms with van der Waals surface area (Å²) in [6.07, 6.45) is 2.46. The first-order valence-electron chi connectivity index (χ1n) is 11.4. The Balaban J connectivity index is 1.57. The van der Waals surface area contributed by atoms with Gasteiger partial charge in [0.2, 0.25) is 5.91 Å². The van der Waals surface area contributed by atoms with Gasteiger partial charge in [-0.25, -0.2) is 9.59 Å². The van der Waals surface area contributed by atoms with E-state index in [0.717, 1.165) is 29.6 Å². The van der Waals surface area contributed by atoms with Gasteiger partial charge in [0.25, 0.3) is 0 Å². The maximum atomic E-state index is 13.6. The Morgan fingerprint density at radius 2 is 1.71 bits per heavy atom. The smallest absolute Gasteiger partial charge is 0.337 e. The van der Waals surface area contributed by atoms with Crippen molar-refractivity contribution in [2.45, 2.75) is 25.8 Å². The van der Waals surface area contributed by atoms with Gasteiger partial charge < -0.3 is 9.64 Å². The number of carbonyl (C=O) groups is 2. The second kappa shape index (κ2) is 9.43. The van der Waals surface area contributed by atoms with Gasteiger partial charge in [0, 0.05) is 23.7 Å². The molecule has 3 aromatic carbocycles. The summed E-state index contributed by atoms with van der Waals surface area (Å²) < 4.78 is 8.09. The first kappa shape index (κ1) is 22.9. The molecule has 7 nitrogen and oxygen atoms in total. The highest BCUT2D eigenvalue weighted by Crippen LogP contribution is 2.26. The maximum absolute atomic E-state index is 13.6. The molecule has 0 atom stereocenters. The number of ether oxygens (including phenoxy) is 1. The van der Waals surface area contributed by atoms with Crippen molar-refractivity contribution in [1.82, 2.24) is 9.13 Å². The Hall–Kier alpha value is -3.84. The fourth-order valence-corrected chi connectivity index (χ4v) is 4.76. The molecule has 1 fully saturated rings. The van der Waals surface area contributed by atoms with Gasteiger partial charge in [0.05, 0.1) is 35.9 Å². The number of hydrogen-bond donors (Lipinski definition) is 0. The highest BCUT2D eigenvalue weighted by atomic mass is 35.5. The molecule has 1 aromatic heterocycles. The predicted molar refractivity (Wildman–Crippen MR) is 136 cm³/mol. The van der Waals surface area contributed by atoms with Gasteiger partial charge in [-0.2, -0.15) is 0 Å². The third kappa shape index (κ3) is 4.35. The monoisotopic (exact) mass is 489 g/mol. The van der Waals surface area contributed by atoms with Crippen LogP contribution in [0.2, 0.25) is 5.02 Å². The van der Waals surface area contributed by atoms with Crippen molar-refractivity contribution in [2.24, 2.45) is 0 Å². The summed E-state index contributed by atoms with van der Waals surface area (Å²) in [6.45, 7) is 0.979. The van der Waals surface area contributed by atoms with E-state index in [1.165, 1.54) is 7.11 Å². The van der Waals surface area contributed by atoms with Crippen molar-refractivity contribution in [3.05, 3.63) is 93.4 Å². The van der Waals surface area contributed by atoms with Crippen molar-refractivity contribution in [3.8, 4) is 5.69 Å². The standard InChI is InChI=1S/C27H24ClN3O4/c1-35-26(33)19-6-4-5-18(15-19)17-30-23-13-8-20(28)16-24(23)31(27(30)34)22-11-9-21(10-12-22)29-14-3-2-7-25(29)32/h4-6,8-13,15-16H,2-3,7,14,17H2,1H3. The van der Waals surface area contributed by atoms with Crippen LogP contribution in [0.15, 0.2) is 71.5 Å². The Labute approximate surface area is 207 Å². The number of amides is 1. The van der Waals surface area contributed by atoms with E-state index in [2.05, 4.69) is 0 Å². The van der Waals surface area contributed by atoms with Gasteiger partial charge in [-0.1, -0.05) is 23.7 Å². The number of nitrogens with zero attached hydrogens (tertiary/aromatic N) is 3. The number of fused-ring (bicyclic) bond motifs is 1. The van der Waals surface area contributed by atoms with Gasteiger partial charge in [0.15, 0.2) is 0 Å². The molecule has 1 saturated heterocycles. The lowest BCUT2D eigenvalue weighted by molar-refractivity contribution is -0.119.